The number of fused-ring (bicyclic) bond motifs is 1. The molecule has 1 N–H and O–H groups in total. The molecule has 4 rings (SSSR count). The molecule has 0 amide bonds. The van der Waals surface area contributed by atoms with E-state index < -0.39 is 0 Å². The number of nitriles is 2. The summed E-state index contributed by atoms with van der Waals surface area (Å²) in [7, 11) is 0. The van der Waals surface area contributed by atoms with Gasteiger partial charge in [-0.05, 0) is 31.4 Å². The van der Waals surface area contributed by atoms with Crippen molar-refractivity contribution < 1.29 is 0 Å². The first kappa shape index (κ1) is 15.3. The summed E-state index contributed by atoms with van der Waals surface area (Å²) < 4.78 is 3.91. The van der Waals surface area contributed by atoms with E-state index in [4.69, 9.17) is 5.26 Å². The van der Waals surface area contributed by atoms with Crippen LogP contribution in [0.3, 0.4) is 0 Å². The number of hydrogen-bond donors (Lipinski definition) is 1. The second kappa shape index (κ2) is 5.66. The van der Waals surface area contributed by atoms with E-state index in [0.717, 1.165) is 23.5 Å². The van der Waals surface area contributed by atoms with Crippen molar-refractivity contribution in [3.8, 4) is 23.4 Å². The Morgan fingerprint density at radius 2 is 2.12 bits per heavy atom. The molecule has 0 saturated heterocycles. The van der Waals surface area contributed by atoms with Gasteiger partial charge in [0.05, 0.1) is 12.2 Å². The zero-order chi connectivity index (χ0) is 17.6. The number of nitrogens with one attached hydrogen (secondary N) is 1. The van der Waals surface area contributed by atoms with Crippen molar-refractivity contribution in [2.75, 3.05) is 0 Å². The molecule has 0 aliphatic rings. The lowest BCUT2D eigenvalue weighted by Crippen LogP contribution is -2.02. The molecule has 25 heavy (non-hydrogen) atoms. The molecule has 7 heteroatoms. The number of rotatable bonds is 3. The molecule has 4 aromatic heterocycles. The van der Waals surface area contributed by atoms with Crippen LogP contribution in [0.1, 0.15) is 27.7 Å². The van der Waals surface area contributed by atoms with Crippen LogP contribution in [0.2, 0.25) is 0 Å². The molecule has 0 atom stereocenters. The van der Waals surface area contributed by atoms with Gasteiger partial charge in [-0.15, -0.1) is 11.3 Å². The number of aromatic nitrogens is 4. The minimum atomic E-state index is 0.142. The Kier molecular flexibility index (Phi) is 3.45. The van der Waals surface area contributed by atoms with Crippen molar-refractivity contribution >= 4 is 17.1 Å². The first-order valence-corrected chi connectivity index (χ1v) is 8.61. The van der Waals surface area contributed by atoms with Crippen molar-refractivity contribution in [3.05, 3.63) is 57.4 Å². The Labute approximate surface area is 148 Å². The Morgan fingerprint density at radius 1 is 1.28 bits per heavy atom. The summed E-state index contributed by atoms with van der Waals surface area (Å²) in [6.45, 7) is 5.02. The average Bonchev–Trinajstić information content (AvgIpc) is 3.34. The zero-order valence-electron chi connectivity index (χ0n) is 13.7. The van der Waals surface area contributed by atoms with Gasteiger partial charge in [-0.2, -0.15) is 10.5 Å². The lowest BCUT2D eigenvalue weighted by Gasteiger charge is -2.08. The van der Waals surface area contributed by atoms with E-state index in [0.29, 0.717) is 5.78 Å². The quantitative estimate of drug-likeness (QED) is 0.615. The van der Waals surface area contributed by atoms with E-state index in [1.165, 1.54) is 10.6 Å². The number of thiophene rings is 1. The van der Waals surface area contributed by atoms with Gasteiger partial charge in [0, 0.05) is 28.0 Å². The van der Waals surface area contributed by atoms with Crippen LogP contribution in [0.5, 0.6) is 0 Å². The third-order valence-corrected chi connectivity index (χ3v) is 5.25. The first-order valence-electron chi connectivity index (χ1n) is 7.73. The fourth-order valence-corrected chi connectivity index (χ4v) is 3.82. The molecule has 0 fully saturated rings. The highest BCUT2D eigenvalue weighted by atomic mass is 32.1. The summed E-state index contributed by atoms with van der Waals surface area (Å²) >= 11 is 1.75. The van der Waals surface area contributed by atoms with E-state index >= 15 is 0 Å². The van der Waals surface area contributed by atoms with Crippen molar-refractivity contribution in [2.24, 2.45) is 0 Å². The van der Waals surface area contributed by atoms with Crippen molar-refractivity contribution in [2.45, 2.75) is 20.4 Å². The van der Waals surface area contributed by atoms with E-state index in [2.05, 4.69) is 52.0 Å². The molecule has 122 valence electrons. The normalized spacial score (nSPS) is 10.9. The summed E-state index contributed by atoms with van der Waals surface area (Å²) in [5.74, 6) is 0.506. The smallest absolute Gasteiger partial charge is 0.214 e. The predicted octanol–water partition coefficient (Wildman–Crippen LogP) is 3.60. The van der Waals surface area contributed by atoms with E-state index in [1.54, 1.807) is 15.7 Å². The maximum Gasteiger partial charge on any atom is 0.214 e. The summed E-state index contributed by atoms with van der Waals surface area (Å²) in [5, 5.41) is 20.4. The number of hydrogen-bond acceptors (Lipinski definition) is 4. The molecule has 4 heterocycles. The number of H-pyrrole nitrogens is 1. The highest BCUT2D eigenvalue weighted by Crippen LogP contribution is 2.28. The minimum Gasteiger partial charge on any atom is -0.343 e. The van der Waals surface area contributed by atoms with Crippen LogP contribution in [0, 0.1) is 36.5 Å². The second-order valence-corrected chi connectivity index (χ2v) is 6.88. The van der Waals surface area contributed by atoms with Gasteiger partial charge in [-0.25, -0.2) is 4.98 Å². The van der Waals surface area contributed by atoms with Gasteiger partial charge in [0.25, 0.3) is 0 Å². The summed E-state index contributed by atoms with van der Waals surface area (Å²) in [5.41, 5.74) is 4.67. The molecule has 0 aliphatic heterocycles. The third-order valence-electron chi connectivity index (χ3n) is 4.39. The van der Waals surface area contributed by atoms with Crippen molar-refractivity contribution in [3.63, 3.8) is 0 Å². The van der Waals surface area contributed by atoms with E-state index in [9.17, 15) is 5.26 Å². The number of imidazole rings is 2. The SMILES string of the molecule is Cc1cc(-c2cn3c(C#N)c(C#N)nc3[nH]2)c(C)n1Cc1cccs1. The van der Waals surface area contributed by atoms with Gasteiger partial charge >= 0.3 is 0 Å². The minimum absolute atomic E-state index is 0.142. The van der Waals surface area contributed by atoms with Gasteiger partial charge in [0.15, 0.2) is 11.4 Å². The average molecular weight is 346 g/mol. The molecular formula is C18H14N6S. The lowest BCUT2D eigenvalue weighted by molar-refractivity contribution is 0.760. The third kappa shape index (κ3) is 2.34. The Balaban J connectivity index is 1.80. The van der Waals surface area contributed by atoms with Gasteiger partial charge in [-0.1, -0.05) is 6.07 Å². The number of aryl methyl sites for hydroxylation is 1. The Bertz CT molecular complexity index is 1160. The largest absolute Gasteiger partial charge is 0.343 e. The fourth-order valence-electron chi connectivity index (χ4n) is 3.13. The maximum absolute atomic E-state index is 9.28. The second-order valence-electron chi connectivity index (χ2n) is 5.84. The molecule has 0 unspecified atom stereocenters. The van der Waals surface area contributed by atoms with Crippen LogP contribution in [0.25, 0.3) is 17.0 Å². The number of aromatic amines is 1. The molecule has 0 aromatic carbocycles. The van der Waals surface area contributed by atoms with Gasteiger partial charge in [0.2, 0.25) is 5.78 Å². The summed E-state index contributed by atoms with van der Waals surface area (Å²) in [6, 6.07) is 10.3. The van der Waals surface area contributed by atoms with Crippen molar-refractivity contribution in [1.82, 2.24) is 18.9 Å². The molecule has 0 aliphatic carbocycles. The molecular weight excluding hydrogens is 332 g/mol. The van der Waals surface area contributed by atoms with E-state index in [-0.39, 0.29) is 11.4 Å². The van der Waals surface area contributed by atoms with Crippen LogP contribution in [-0.4, -0.2) is 18.9 Å². The highest BCUT2D eigenvalue weighted by molar-refractivity contribution is 7.09. The van der Waals surface area contributed by atoms with Crippen LogP contribution in [0.15, 0.2) is 29.8 Å². The van der Waals surface area contributed by atoms with Crippen molar-refractivity contribution in [1.29, 1.82) is 10.5 Å². The van der Waals surface area contributed by atoms with Gasteiger partial charge in [-0.3, -0.25) is 4.40 Å². The highest BCUT2D eigenvalue weighted by Gasteiger charge is 2.18. The molecule has 0 bridgehead atoms. The summed E-state index contributed by atoms with van der Waals surface area (Å²) in [4.78, 5) is 8.71. The first-order chi connectivity index (χ1) is 12.1. The molecule has 0 spiro atoms. The van der Waals surface area contributed by atoms with Crippen LogP contribution in [-0.2, 0) is 6.54 Å². The van der Waals surface area contributed by atoms with Crippen LogP contribution >= 0.6 is 11.3 Å². The Hall–Kier alpha value is -3.29. The summed E-state index contributed by atoms with van der Waals surface area (Å²) in [6.07, 6.45) is 1.83. The monoisotopic (exact) mass is 346 g/mol. The fraction of sp³-hybridized carbons (Fsp3) is 0.167. The van der Waals surface area contributed by atoms with Crippen LogP contribution in [0.4, 0.5) is 0 Å². The standard InChI is InChI=1S/C18H14N6S/c1-11-6-14(12(2)23(11)9-13-4-3-5-25-13)16-10-24-17(8-20)15(7-19)21-18(24)22-16/h3-6,10H,9H2,1-2H3,(H,21,22). The van der Waals surface area contributed by atoms with Crippen LogP contribution < -0.4 is 0 Å². The molecule has 0 radical (unpaired) electrons. The Morgan fingerprint density at radius 3 is 2.80 bits per heavy atom. The molecule has 4 aromatic rings. The van der Waals surface area contributed by atoms with Gasteiger partial charge in [0.1, 0.15) is 12.1 Å². The van der Waals surface area contributed by atoms with Gasteiger partial charge < -0.3 is 9.55 Å². The predicted molar refractivity (Wildman–Crippen MR) is 95.3 cm³/mol. The maximum atomic E-state index is 9.28. The molecule has 6 nitrogen and oxygen atoms in total. The van der Waals surface area contributed by atoms with E-state index in [1.807, 2.05) is 18.3 Å². The molecule has 0 saturated carbocycles. The topological polar surface area (TPSA) is 85.6 Å². The zero-order valence-corrected chi connectivity index (χ0v) is 14.6. The lowest BCUT2D eigenvalue weighted by atomic mass is 10.2. The number of nitrogens with zero attached hydrogens (tertiary/aromatic N) is 5.